The highest BCUT2D eigenvalue weighted by Gasteiger charge is 2.11. The van der Waals surface area contributed by atoms with E-state index in [9.17, 15) is 4.79 Å². The molecule has 6 nitrogen and oxygen atoms in total. The highest BCUT2D eigenvalue weighted by molar-refractivity contribution is 7.21. The van der Waals surface area contributed by atoms with Gasteiger partial charge in [0.2, 0.25) is 5.91 Å². The van der Waals surface area contributed by atoms with Crippen molar-refractivity contribution in [2.75, 3.05) is 39.0 Å². The first-order valence-electron chi connectivity index (χ1n) is 8.09. The third-order valence-corrected chi connectivity index (χ3v) is 4.78. The number of fused-ring (bicyclic) bond motifs is 1. The molecule has 0 saturated carbocycles. The van der Waals surface area contributed by atoms with Gasteiger partial charge in [-0.1, -0.05) is 30.3 Å². The summed E-state index contributed by atoms with van der Waals surface area (Å²) in [6, 6.07) is 12.2. The quantitative estimate of drug-likeness (QED) is 0.681. The van der Waals surface area contributed by atoms with Crippen molar-refractivity contribution in [2.45, 2.75) is 0 Å². The van der Waals surface area contributed by atoms with Crippen molar-refractivity contribution in [3.63, 3.8) is 0 Å². The van der Waals surface area contributed by atoms with Gasteiger partial charge in [-0.3, -0.25) is 4.79 Å². The topological polar surface area (TPSA) is 70.2 Å². The second-order valence-corrected chi connectivity index (χ2v) is 6.96. The zero-order valence-corrected chi connectivity index (χ0v) is 15.1. The molecule has 0 aliphatic rings. The summed E-state index contributed by atoms with van der Waals surface area (Å²) >= 11 is 1.62. The molecule has 2 N–H and O–H groups in total. The summed E-state index contributed by atoms with van der Waals surface area (Å²) in [6.45, 7) is 1.63. The number of hydrogen-bond acceptors (Lipinski definition) is 6. The van der Waals surface area contributed by atoms with E-state index in [-0.39, 0.29) is 12.5 Å². The number of nitrogens with one attached hydrogen (secondary N) is 2. The molecule has 3 rings (SSSR count). The Hall–Kier alpha value is -2.51. The minimum atomic E-state index is -0.0490. The van der Waals surface area contributed by atoms with Crippen LogP contribution in [0.15, 0.2) is 42.7 Å². The number of carbonyl (C=O) groups excluding carboxylic acids is 1. The largest absolute Gasteiger partial charge is 0.360 e. The Balaban J connectivity index is 1.70. The molecular weight excluding hydrogens is 334 g/mol. The maximum atomic E-state index is 11.9. The van der Waals surface area contributed by atoms with Gasteiger partial charge < -0.3 is 15.5 Å². The molecule has 3 aromatic rings. The summed E-state index contributed by atoms with van der Waals surface area (Å²) < 4.78 is 0. The third kappa shape index (κ3) is 4.52. The normalized spacial score (nSPS) is 11.0. The molecule has 0 aliphatic heterocycles. The fraction of sp³-hybridized carbons (Fsp3) is 0.278. The molecule has 7 heteroatoms. The molecule has 1 aromatic carbocycles. The first-order valence-corrected chi connectivity index (χ1v) is 8.90. The van der Waals surface area contributed by atoms with Gasteiger partial charge in [0.05, 0.1) is 11.9 Å². The summed E-state index contributed by atoms with van der Waals surface area (Å²) in [5.74, 6) is 0.637. The Morgan fingerprint density at radius 1 is 1.20 bits per heavy atom. The predicted octanol–water partition coefficient (Wildman–Crippen LogP) is 2.45. The van der Waals surface area contributed by atoms with E-state index in [1.807, 2.05) is 37.2 Å². The van der Waals surface area contributed by atoms with E-state index in [1.165, 1.54) is 6.33 Å². The summed E-state index contributed by atoms with van der Waals surface area (Å²) in [7, 11) is 3.95. The molecule has 0 aliphatic carbocycles. The van der Waals surface area contributed by atoms with Crippen LogP contribution in [-0.4, -0.2) is 54.5 Å². The lowest BCUT2D eigenvalue weighted by Crippen LogP contribution is -2.35. The van der Waals surface area contributed by atoms with E-state index >= 15 is 0 Å². The van der Waals surface area contributed by atoms with Crippen LogP contribution in [0.5, 0.6) is 0 Å². The number of carbonyl (C=O) groups is 1. The molecule has 2 heterocycles. The van der Waals surface area contributed by atoms with Crippen LogP contribution >= 0.6 is 11.3 Å². The monoisotopic (exact) mass is 355 g/mol. The van der Waals surface area contributed by atoms with E-state index in [4.69, 9.17) is 0 Å². The van der Waals surface area contributed by atoms with Crippen LogP contribution in [0.4, 0.5) is 5.82 Å². The minimum absolute atomic E-state index is 0.0490. The number of nitrogens with zero attached hydrogens (tertiary/aromatic N) is 3. The lowest BCUT2D eigenvalue weighted by molar-refractivity contribution is -0.119. The number of rotatable bonds is 7. The van der Waals surface area contributed by atoms with Crippen LogP contribution in [0.2, 0.25) is 0 Å². The number of thiophene rings is 1. The number of likely N-dealkylation sites (N-methyl/N-ethyl adjacent to an activating group) is 1. The minimum Gasteiger partial charge on any atom is -0.360 e. The van der Waals surface area contributed by atoms with Crippen LogP contribution in [0.3, 0.4) is 0 Å². The van der Waals surface area contributed by atoms with Gasteiger partial charge in [-0.05, 0) is 25.7 Å². The van der Waals surface area contributed by atoms with Crippen molar-refractivity contribution in [1.82, 2.24) is 20.2 Å². The molecule has 0 spiro atoms. The van der Waals surface area contributed by atoms with Crippen LogP contribution in [-0.2, 0) is 4.79 Å². The van der Waals surface area contributed by atoms with Gasteiger partial charge in [-0.25, -0.2) is 9.97 Å². The maximum Gasteiger partial charge on any atom is 0.239 e. The number of benzene rings is 1. The van der Waals surface area contributed by atoms with E-state index in [0.717, 1.165) is 27.2 Å². The average Bonchev–Trinajstić information content (AvgIpc) is 3.05. The zero-order valence-electron chi connectivity index (χ0n) is 14.3. The molecule has 0 unspecified atom stereocenters. The summed E-state index contributed by atoms with van der Waals surface area (Å²) in [5.41, 5.74) is 1.15. The second-order valence-electron chi connectivity index (χ2n) is 5.92. The first-order chi connectivity index (χ1) is 12.1. The van der Waals surface area contributed by atoms with Gasteiger partial charge in [-0.15, -0.1) is 11.3 Å². The number of hydrogen-bond donors (Lipinski definition) is 2. The predicted molar refractivity (Wildman–Crippen MR) is 103 cm³/mol. The molecule has 0 fully saturated rings. The van der Waals surface area contributed by atoms with E-state index in [1.54, 1.807) is 11.3 Å². The van der Waals surface area contributed by atoms with Crippen molar-refractivity contribution < 1.29 is 4.79 Å². The molecule has 130 valence electrons. The number of anilines is 1. The van der Waals surface area contributed by atoms with Gasteiger partial charge in [0.1, 0.15) is 17.0 Å². The van der Waals surface area contributed by atoms with Gasteiger partial charge in [0.15, 0.2) is 0 Å². The fourth-order valence-electron chi connectivity index (χ4n) is 2.39. The van der Waals surface area contributed by atoms with E-state index < -0.39 is 0 Å². The van der Waals surface area contributed by atoms with Gasteiger partial charge >= 0.3 is 0 Å². The maximum absolute atomic E-state index is 11.9. The molecule has 0 saturated heterocycles. The van der Waals surface area contributed by atoms with Crippen LogP contribution in [0, 0.1) is 0 Å². The molecule has 0 atom stereocenters. The smallest absolute Gasteiger partial charge is 0.239 e. The van der Waals surface area contributed by atoms with Gasteiger partial charge in [0.25, 0.3) is 0 Å². The Labute approximate surface area is 150 Å². The molecule has 0 bridgehead atoms. The van der Waals surface area contributed by atoms with E-state index in [2.05, 4.69) is 38.8 Å². The zero-order chi connectivity index (χ0) is 17.6. The van der Waals surface area contributed by atoms with Crippen molar-refractivity contribution in [3.8, 4) is 10.4 Å². The third-order valence-electron chi connectivity index (χ3n) is 3.69. The van der Waals surface area contributed by atoms with Crippen LogP contribution < -0.4 is 10.6 Å². The summed E-state index contributed by atoms with van der Waals surface area (Å²) in [4.78, 5) is 24.6. The standard InChI is InChI=1S/C18H21N5OS/c1-23(2)9-8-19-16(24)11-20-17-14-10-15(13-6-4-3-5-7-13)25-18(14)22-12-21-17/h3-7,10,12H,8-9,11H2,1-2H3,(H,19,24)(H,20,21,22). The van der Waals surface area contributed by atoms with E-state index in [0.29, 0.717) is 12.4 Å². The van der Waals surface area contributed by atoms with Crippen molar-refractivity contribution >= 4 is 33.3 Å². The first kappa shape index (κ1) is 17.3. The SMILES string of the molecule is CN(C)CCNC(=O)CNc1ncnc2sc(-c3ccccc3)cc12. The van der Waals surface area contributed by atoms with Crippen LogP contribution in [0.1, 0.15) is 0 Å². The second kappa shape index (κ2) is 8.04. The molecular formula is C18H21N5OS. The lowest BCUT2D eigenvalue weighted by Gasteiger charge is -2.11. The number of amides is 1. The van der Waals surface area contributed by atoms with Crippen LogP contribution in [0.25, 0.3) is 20.7 Å². The fourth-order valence-corrected chi connectivity index (χ4v) is 3.39. The highest BCUT2D eigenvalue weighted by atomic mass is 32.1. The Morgan fingerprint density at radius 2 is 2.00 bits per heavy atom. The van der Waals surface area contributed by atoms with Gasteiger partial charge in [0, 0.05) is 18.0 Å². The van der Waals surface area contributed by atoms with Gasteiger partial charge in [-0.2, -0.15) is 0 Å². The van der Waals surface area contributed by atoms with Crippen molar-refractivity contribution in [2.24, 2.45) is 0 Å². The molecule has 0 radical (unpaired) electrons. The molecule has 2 aromatic heterocycles. The summed E-state index contributed by atoms with van der Waals surface area (Å²) in [5, 5.41) is 6.94. The highest BCUT2D eigenvalue weighted by Crippen LogP contribution is 2.34. The Kier molecular flexibility index (Phi) is 5.57. The Morgan fingerprint density at radius 3 is 2.76 bits per heavy atom. The average molecular weight is 355 g/mol. The number of aromatic nitrogens is 2. The lowest BCUT2D eigenvalue weighted by atomic mass is 10.2. The molecule has 25 heavy (non-hydrogen) atoms. The molecule has 1 amide bonds. The van der Waals surface area contributed by atoms with Crippen molar-refractivity contribution in [1.29, 1.82) is 0 Å². The summed E-state index contributed by atoms with van der Waals surface area (Å²) in [6.07, 6.45) is 1.53. The van der Waals surface area contributed by atoms with Crippen molar-refractivity contribution in [3.05, 3.63) is 42.7 Å². The Bertz CT molecular complexity index is 847.